The molecular formula is C44H48N6O8S2. The summed E-state index contributed by atoms with van der Waals surface area (Å²) in [5, 5.41) is 14.7. The molecule has 2 amide bonds. The van der Waals surface area contributed by atoms with Crippen LogP contribution in [0, 0.1) is 6.92 Å². The van der Waals surface area contributed by atoms with Crippen LogP contribution in [0.25, 0.3) is 5.57 Å². The van der Waals surface area contributed by atoms with E-state index in [1.165, 1.54) is 24.3 Å². The summed E-state index contributed by atoms with van der Waals surface area (Å²) in [4.78, 5) is 49.9. The van der Waals surface area contributed by atoms with Gasteiger partial charge in [0.2, 0.25) is 37.6 Å². The van der Waals surface area contributed by atoms with Gasteiger partial charge in [-0.15, -0.1) is 0 Å². The lowest BCUT2D eigenvalue weighted by Crippen LogP contribution is -2.30. The quantitative estimate of drug-likeness (QED) is 0.154. The predicted molar refractivity (Wildman–Crippen MR) is 230 cm³/mol. The maximum atomic E-state index is 14.3. The number of likely N-dealkylation sites (tertiary alicyclic amines) is 1. The minimum Gasteiger partial charge on any atom is -0.506 e. The Morgan fingerprint density at radius 2 is 1.28 bits per heavy atom. The van der Waals surface area contributed by atoms with Crippen LogP contribution in [0.5, 0.6) is 0 Å². The van der Waals surface area contributed by atoms with E-state index in [9.17, 15) is 36.3 Å². The van der Waals surface area contributed by atoms with Crippen molar-refractivity contribution in [1.82, 2.24) is 14.3 Å². The number of rotatable bonds is 14. The van der Waals surface area contributed by atoms with Gasteiger partial charge in [0.25, 0.3) is 0 Å². The molecule has 7 rings (SSSR count). The summed E-state index contributed by atoms with van der Waals surface area (Å²) in [7, 11) is -7.70. The Balaban J connectivity index is 1.18. The Hall–Kier alpha value is -5.68. The summed E-state index contributed by atoms with van der Waals surface area (Å²) in [5.41, 5.74) is 4.30. The van der Waals surface area contributed by atoms with Crippen molar-refractivity contribution in [2.75, 3.05) is 49.5 Å². The first-order valence-electron chi connectivity index (χ1n) is 20.0. The summed E-state index contributed by atoms with van der Waals surface area (Å²) in [6.45, 7) is 6.65. The molecule has 60 heavy (non-hydrogen) atoms. The molecule has 2 fully saturated rings. The zero-order chi connectivity index (χ0) is 42.6. The maximum Gasteiger partial charge on any atom is 0.247 e. The zero-order valence-electron chi connectivity index (χ0n) is 33.5. The van der Waals surface area contributed by atoms with Crippen LogP contribution < -0.4 is 19.7 Å². The number of aliphatic hydroxyl groups is 1. The molecule has 16 heteroatoms. The highest BCUT2D eigenvalue weighted by molar-refractivity contribution is 7.89. The minimum atomic E-state index is -3.85. The average molecular weight is 853 g/mol. The number of nitrogens with zero attached hydrogens (tertiary/aromatic N) is 3. The average Bonchev–Trinajstić information content (AvgIpc) is 3.97. The van der Waals surface area contributed by atoms with Crippen molar-refractivity contribution >= 4 is 60.3 Å². The monoisotopic (exact) mass is 852 g/mol. The number of nitrogens with one attached hydrogen (secondary N) is 3. The van der Waals surface area contributed by atoms with Crippen LogP contribution in [0.2, 0.25) is 0 Å². The molecule has 0 spiro atoms. The molecule has 0 aromatic heterocycles. The molecule has 2 aliphatic carbocycles. The standard InChI is InChI=1S/C44H48N6O8S2/c1-29-25-33(35(27-37(29)49-21-9-10-22-49)47-39(51)17-19-45-59(55,56)31-13-5-3-6-14-31)41-43(53)42(44(41)54)34-26-30(2)38(50-23-11-12-24-50)28-36(34)48-40(52)18-20-46-60(57,58)32-15-7-4-8-16-32/h3-8,13-16,25-28,45-46,53H,9-12,17-24H2,1-2H3,(H,47,51). The van der Waals surface area contributed by atoms with Crippen molar-refractivity contribution in [3.8, 4) is 0 Å². The first-order chi connectivity index (χ1) is 28.7. The van der Waals surface area contributed by atoms with Gasteiger partial charge in [-0.05, 0) is 99.2 Å². The number of aryl methyl sites for hydroxylation is 1. The molecule has 14 nitrogen and oxygen atoms in total. The number of allylic oxidation sites excluding steroid dienone is 6. The van der Waals surface area contributed by atoms with Crippen LogP contribution in [0.3, 0.4) is 0 Å². The smallest absolute Gasteiger partial charge is 0.247 e. The van der Waals surface area contributed by atoms with Crippen LogP contribution in [0.1, 0.15) is 56.6 Å². The third-order valence-corrected chi connectivity index (χ3v) is 13.9. The number of hydrogen-bond acceptors (Lipinski definition) is 10. The van der Waals surface area contributed by atoms with E-state index in [-0.39, 0.29) is 69.6 Å². The van der Waals surface area contributed by atoms with E-state index in [2.05, 4.69) is 29.6 Å². The molecule has 0 radical (unpaired) electrons. The van der Waals surface area contributed by atoms with Crippen molar-refractivity contribution in [1.29, 1.82) is 0 Å². The second kappa shape index (κ2) is 17.9. The third-order valence-electron chi connectivity index (χ3n) is 10.9. The second-order valence-corrected chi connectivity index (χ2v) is 18.7. The first-order valence-corrected chi connectivity index (χ1v) is 23.0. The largest absolute Gasteiger partial charge is 0.506 e. The molecule has 4 aliphatic rings. The number of Topliss-reactive ketones (excluding diaryl/α,β-unsaturated/α-hetero) is 1. The first kappa shape index (κ1) is 42.4. The van der Waals surface area contributed by atoms with E-state index in [1.807, 2.05) is 13.8 Å². The summed E-state index contributed by atoms with van der Waals surface area (Å²) in [6.07, 6.45) is 7.01. The van der Waals surface area contributed by atoms with Gasteiger partial charge in [0, 0.05) is 74.6 Å². The van der Waals surface area contributed by atoms with Crippen LogP contribution in [0.15, 0.2) is 128 Å². The van der Waals surface area contributed by atoms with E-state index in [0.717, 1.165) is 74.4 Å². The molecule has 3 aromatic rings. The molecule has 0 bridgehead atoms. The maximum absolute atomic E-state index is 14.3. The van der Waals surface area contributed by atoms with Gasteiger partial charge < -0.3 is 20.2 Å². The van der Waals surface area contributed by atoms with Gasteiger partial charge in [-0.25, -0.2) is 31.3 Å². The fourth-order valence-electron chi connectivity index (χ4n) is 7.84. The molecule has 314 valence electrons. The number of ketones is 1. The van der Waals surface area contributed by atoms with Crippen LogP contribution in [-0.2, 0) is 34.4 Å². The van der Waals surface area contributed by atoms with E-state index in [1.54, 1.807) is 60.7 Å². The molecule has 3 aromatic carbocycles. The lowest BCUT2D eigenvalue weighted by Gasteiger charge is -2.30. The number of carbonyl (C=O) groups is 3. The molecule has 0 saturated carbocycles. The number of anilines is 2. The van der Waals surface area contributed by atoms with Gasteiger partial charge in [0.15, 0.2) is 0 Å². The van der Waals surface area contributed by atoms with E-state index < -0.39 is 37.6 Å². The summed E-state index contributed by atoms with van der Waals surface area (Å²) in [5.74, 6) is -1.96. The number of benzene rings is 3. The lowest BCUT2D eigenvalue weighted by molar-refractivity contribution is -0.118. The van der Waals surface area contributed by atoms with Gasteiger partial charge in [-0.3, -0.25) is 14.4 Å². The van der Waals surface area contributed by atoms with Gasteiger partial charge in [0.05, 0.1) is 32.3 Å². The van der Waals surface area contributed by atoms with Gasteiger partial charge in [-0.1, -0.05) is 36.4 Å². The van der Waals surface area contributed by atoms with E-state index in [0.29, 0.717) is 5.56 Å². The van der Waals surface area contributed by atoms with Crippen LogP contribution in [-0.4, -0.2) is 89.4 Å². The topological polar surface area (TPSA) is 195 Å². The molecule has 0 unspecified atom stereocenters. The number of aliphatic hydroxyl groups excluding tert-OH is 1. The van der Waals surface area contributed by atoms with Crippen molar-refractivity contribution < 1.29 is 36.3 Å². The highest BCUT2D eigenvalue weighted by Gasteiger charge is 2.40. The highest BCUT2D eigenvalue weighted by atomic mass is 32.2. The van der Waals surface area contributed by atoms with Crippen LogP contribution in [0.4, 0.5) is 11.4 Å². The molecule has 2 heterocycles. The highest BCUT2D eigenvalue weighted by Crippen LogP contribution is 2.44. The number of sulfonamides is 2. The summed E-state index contributed by atoms with van der Waals surface area (Å²) in [6, 6.07) is 19.2. The Bertz CT molecular complexity index is 2590. The molecular weight excluding hydrogens is 805 g/mol. The lowest BCUT2D eigenvalue weighted by atomic mass is 9.77. The minimum absolute atomic E-state index is 0.0185. The SMILES string of the molecule is CC1=CC(=C2C(=O)C(c3cc(C)c(N4CCCC4)cc3NC(=O)CCNS(=O)(=O)c3ccccc3)=C2O)C(=NC(=O)CCNS(=O)(=O)c2ccccc2)C=C1N1CCCC1. The number of amides is 2. The van der Waals surface area contributed by atoms with Gasteiger partial charge >= 0.3 is 0 Å². The molecule has 0 atom stereocenters. The summed E-state index contributed by atoms with van der Waals surface area (Å²) >= 11 is 0. The number of aliphatic imine (C=N–C) groups is 1. The zero-order valence-corrected chi connectivity index (χ0v) is 35.2. The van der Waals surface area contributed by atoms with Crippen LogP contribution >= 0.6 is 0 Å². The van der Waals surface area contributed by atoms with Crippen molar-refractivity contribution in [2.24, 2.45) is 4.99 Å². The Kier molecular flexibility index (Phi) is 12.7. The summed E-state index contributed by atoms with van der Waals surface area (Å²) < 4.78 is 55.9. The fourth-order valence-corrected chi connectivity index (χ4v) is 9.95. The fraction of sp³-hybridized carbons (Fsp3) is 0.318. The molecule has 2 aliphatic heterocycles. The van der Waals surface area contributed by atoms with E-state index in [4.69, 9.17) is 0 Å². The van der Waals surface area contributed by atoms with Crippen molar-refractivity contribution in [3.05, 3.63) is 124 Å². The number of hydrogen-bond donors (Lipinski definition) is 4. The van der Waals surface area contributed by atoms with Crippen molar-refractivity contribution in [2.45, 2.75) is 62.2 Å². The van der Waals surface area contributed by atoms with Crippen molar-refractivity contribution in [3.63, 3.8) is 0 Å². The van der Waals surface area contributed by atoms with Gasteiger partial charge in [-0.2, -0.15) is 0 Å². The third kappa shape index (κ3) is 9.21. The number of carbonyl (C=O) groups excluding carboxylic acids is 3. The molecule has 2 saturated heterocycles. The Morgan fingerprint density at radius 3 is 1.85 bits per heavy atom. The second-order valence-electron chi connectivity index (χ2n) is 15.1. The molecule has 4 N–H and O–H groups in total. The Morgan fingerprint density at radius 1 is 0.733 bits per heavy atom. The van der Waals surface area contributed by atoms with Gasteiger partial charge in [0.1, 0.15) is 5.76 Å². The predicted octanol–water partition coefficient (Wildman–Crippen LogP) is 5.33. The normalized spacial score (nSPS) is 19.1. The Labute approximate surface area is 350 Å². The van der Waals surface area contributed by atoms with E-state index >= 15 is 0 Å².